The summed E-state index contributed by atoms with van der Waals surface area (Å²) < 4.78 is 0. The van der Waals surface area contributed by atoms with Crippen LogP contribution in [0.2, 0.25) is 0 Å². The fraction of sp³-hybridized carbons (Fsp3) is 0.162. The van der Waals surface area contributed by atoms with Crippen molar-refractivity contribution in [2.75, 3.05) is 19.6 Å². The molecule has 6 nitrogen and oxygen atoms in total. The van der Waals surface area contributed by atoms with Crippen LogP contribution in [-0.4, -0.2) is 0 Å². The molecule has 0 aromatic heterocycles. The number of para-hydroxylation sites is 8. The molecule has 14 rings (SSSR count). The number of benzene rings is 10. The summed E-state index contributed by atoms with van der Waals surface area (Å²) in [5, 5.41) is 24.4. The summed E-state index contributed by atoms with van der Waals surface area (Å²) in [6, 6.07) is 83.9. The average Bonchev–Trinajstić information content (AvgIpc) is 3.51. The van der Waals surface area contributed by atoms with Gasteiger partial charge in [-0.3, -0.25) is 0 Å². The van der Waals surface area contributed by atoms with E-state index < -0.39 is 0 Å². The van der Waals surface area contributed by atoms with Crippen LogP contribution in [0.1, 0.15) is 111 Å². The van der Waals surface area contributed by atoms with Crippen LogP contribution in [0.5, 0.6) is 0 Å². The quantitative estimate of drug-likeness (QED) is 0.171. The van der Waals surface area contributed by atoms with Gasteiger partial charge in [0, 0.05) is 44.2 Å². The van der Waals surface area contributed by atoms with Crippen molar-refractivity contribution in [3.63, 3.8) is 0 Å². The van der Waals surface area contributed by atoms with E-state index in [9.17, 15) is 10.5 Å². The first-order chi connectivity index (χ1) is 38.7. The van der Waals surface area contributed by atoms with Gasteiger partial charge in [-0.15, -0.1) is 0 Å². The fourth-order valence-electron chi connectivity index (χ4n) is 14.3. The lowest BCUT2D eigenvalue weighted by molar-refractivity contribution is 0.631. The van der Waals surface area contributed by atoms with Gasteiger partial charge in [0.15, 0.2) is 0 Å². The summed E-state index contributed by atoms with van der Waals surface area (Å²) in [6.45, 7) is 18.4. The third-order valence-electron chi connectivity index (χ3n) is 18.2. The smallest absolute Gasteiger partial charge is 0.101 e. The number of anilines is 12. The van der Waals surface area contributed by atoms with Crippen molar-refractivity contribution >= 4 is 68.2 Å². The highest BCUT2D eigenvalue weighted by Crippen LogP contribution is 2.62. The van der Waals surface area contributed by atoms with Crippen LogP contribution >= 0.6 is 0 Å². The van der Waals surface area contributed by atoms with E-state index in [1.165, 1.54) is 22.3 Å². The Balaban J connectivity index is 1.18. The van der Waals surface area contributed by atoms with Crippen LogP contribution in [0.3, 0.4) is 0 Å². The number of hydrogen-bond acceptors (Lipinski definition) is 6. The molecule has 4 aliphatic rings. The number of fused-ring (bicyclic) bond motifs is 8. The standard InChI is InChI=1S/C74H60N6/c1-71(2)53-25-9-17-33-61(53)77(62-34-18-10-26-54(62)71)49-41-47(45-75)69(79-65-37-21-13-29-57(65)73(5,6)58-30-14-22-38-66(58)79)51(43-49)52-44-50(78-63-35-19-11-27-55(63)72(3,4)56-28-12-20-36-64(56)78)42-48(46-76)70(52)80-67-39-23-15-31-59(67)74(7,8)60-32-16-24-40-68(60)80/h9-44H,1-8H3. The van der Waals surface area contributed by atoms with Gasteiger partial charge in [0.25, 0.3) is 0 Å². The second kappa shape index (κ2) is 17.4. The molecule has 0 spiro atoms. The molecule has 6 heteroatoms. The lowest BCUT2D eigenvalue weighted by atomic mass is 9.72. The zero-order valence-corrected chi connectivity index (χ0v) is 46.5. The van der Waals surface area contributed by atoms with Gasteiger partial charge in [-0.2, -0.15) is 10.5 Å². The molecule has 0 fully saturated rings. The molecule has 386 valence electrons. The normalized spacial score (nSPS) is 16.0. The number of hydrogen-bond donors (Lipinski definition) is 0. The molecule has 0 bridgehead atoms. The van der Waals surface area contributed by atoms with E-state index in [0.717, 1.165) is 102 Å². The highest BCUT2D eigenvalue weighted by molar-refractivity contribution is 6.06. The summed E-state index contributed by atoms with van der Waals surface area (Å²) in [5.74, 6) is 0. The van der Waals surface area contributed by atoms with Crippen LogP contribution in [-0.2, 0) is 21.7 Å². The molecule has 0 radical (unpaired) electrons. The third-order valence-corrected chi connectivity index (χ3v) is 18.2. The van der Waals surface area contributed by atoms with E-state index in [1.54, 1.807) is 0 Å². The number of rotatable bonds is 5. The molecule has 80 heavy (non-hydrogen) atoms. The summed E-state index contributed by atoms with van der Waals surface area (Å²) in [4.78, 5) is 9.39. The van der Waals surface area contributed by atoms with Gasteiger partial charge in [-0.25, -0.2) is 0 Å². The second-order valence-electron chi connectivity index (χ2n) is 24.0. The maximum absolute atomic E-state index is 12.2. The third kappa shape index (κ3) is 6.75. The molecule has 0 N–H and O–H groups in total. The Labute approximate surface area is 470 Å². The minimum absolute atomic E-state index is 0.319. The van der Waals surface area contributed by atoms with Gasteiger partial charge in [0.1, 0.15) is 12.1 Å². The van der Waals surface area contributed by atoms with Crippen LogP contribution in [0.25, 0.3) is 11.1 Å². The van der Waals surface area contributed by atoms with Gasteiger partial charge < -0.3 is 19.6 Å². The molecule has 4 heterocycles. The molecule has 10 aromatic carbocycles. The molecule has 0 unspecified atom stereocenters. The Bertz CT molecular complexity index is 3860. The van der Waals surface area contributed by atoms with Gasteiger partial charge in [-0.1, -0.05) is 201 Å². The van der Waals surface area contributed by atoms with E-state index >= 15 is 0 Å². The van der Waals surface area contributed by atoms with Crippen molar-refractivity contribution in [3.05, 3.63) is 274 Å². The summed E-state index contributed by atoms with van der Waals surface area (Å²) in [7, 11) is 0. The zero-order chi connectivity index (χ0) is 55.0. The van der Waals surface area contributed by atoms with E-state index in [1.807, 2.05) is 0 Å². The van der Waals surface area contributed by atoms with Crippen molar-refractivity contribution in [2.24, 2.45) is 0 Å². The summed E-state index contributed by atoms with van der Waals surface area (Å²) >= 11 is 0. The maximum atomic E-state index is 12.2. The molecule has 0 atom stereocenters. The van der Waals surface area contributed by atoms with Crippen LogP contribution in [0.4, 0.5) is 68.2 Å². The second-order valence-corrected chi connectivity index (χ2v) is 24.0. The summed E-state index contributed by atoms with van der Waals surface area (Å²) in [6.07, 6.45) is 0. The Morgan fingerprint density at radius 2 is 0.450 bits per heavy atom. The first-order valence-corrected chi connectivity index (χ1v) is 27.8. The van der Waals surface area contributed by atoms with Crippen molar-refractivity contribution in [3.8, 4) is 23.3 Å². The maximum Gasteiger partial charge on any atom is 0.101 e. The first-order valence-electron chi connectivity index (χ1n) is 27.8. The molecule has 10 aromatic rings. The van der Waals surface area contributed by atoms with Gasteiger partial charge in [0.05, 0.1) is 68.0 Å². The average molecular weight is 1030 g/mol. The van der Waals surface area contributed by atoms with E-state index in [2.05, 4.69) is 306 Å². The van der Waals surface area contributed by atoms with Gasteiger partial charge in [0.2, 0.25) is 0 Å². The minimum Gasteiger partial charge on any atom is -0.310 e. The molecule has 0 amide bonds. The predicted octanol–water partition coefficient (Wildman–Crippen LogP) is 19.5. The van der Waals surface area contributed by atoms with E-state index in [4.69, 9.17) is 0 Å². The van der Waals surface area contributed by atoms with Gasteiger partial charge in [-0.05, 0) is 117 Å². The van der Waals surface area contributed by atoms with Crippen molar-refractivity contribution < 1.29 is 0 Å². The lowest BCUT2D eigenvalue weighted by Crippen LogP contribution is -2.32. The van der Waals surface area contributed by atoms with Crippen LogP contribution < -0.4 is 19.6 Å². The molecular formula is C74H60N6. The molecule has 0 saturated heterocycles. The number of nitrogens with zero attached hydrogens (tertiary/aromatic N) is 6. The SMILES string of the molecule is CC1(C)c2ccccc2N(c2cc(C#N)c(N3c4ccccc4C(C)(C)c4ccccc43)c(-c3cc(N4c5ccccc5C(C)(C)c5ccccc54)cc(C#N)c3N3c4ccccc4C(C)(C)c4ccccc43)c2)c2ccccc21. The van der Waals surface area contributed by atoms with E-state index in [0.29, 0.717) is 11.1 Å². The van der Waals surface area contributed by atoms with Crippen molar-refractivity contribution in [1.29, 1.82) is 10.5 Å². The zero-order valence-electron chi connectivity index (χ0n) is 46.5. The molecule has 0 saturated carbocycles. The highest BCUT2D eigenvalue weighted by atomic mass is 15.2. The molecule has 4 aliphatic heterocycles. The monoisotopic (exact) mass is 1030 g/mol. The molecule has 0 aliphatic carbocycles. The Kier molecular flexibility index (Phi) is 10.6. The Morgan fingerprint density at radius 3 is 0.650 bits per heavy atom. The van der Waals surface area contributed by atoms with Gasteiger partial charge >= 0.3 is 0 Å². The van der Waals surface area contributed by atoms with E-state index in [-0.39, 0.29) is 21.7 Å². The summed E-state index contributed by atoms with van der Waals surface area (Å²) in [5.41, 5.74) is 21.8. The van der Waals surface area contributed by atoms with Crippen LogP contribution in [0.15, 0.2) is 218 Å². The Hall–Kier alpha value is -9.62. The molecular weight excluding hydrogens is 973 g/mol. The fourth-order valence-corrected chi connectivity index (χ4v) is 14.3. The Morgan fingerprint density at radius 1 is 0.263 bits per heavy atom. The highest BCUT2D eigenvalue weighted by Gasteiger charge is 2.44. The van der Waals surface area contributed by atoms with Crippen molar-refractivity contribution in [2.45, 2.75) is 77.0 Å². The largest absolute Gasteiger partial charge is 0.310 e. The predicted molar refractivity (Wildman–Crippen MR) is 329 cm³/mol. The topological polar surface area (TPSA) is 60.5 Å². The number of nitriles is 2. The first kappa shape index (κ1) is 48.7. The van der Waals surface area contributed by atoms with Crippen molar-refractivity contribution in [1.82, 2.24) is 0 Å². The van der Waals surface area contributed by atoms with Crippen LogP contribution in [0, 0.1) is 22.7 Å². The minimum atomic E-state index is -0.374. The lowest BCUT2D eigenvalue weighted by Gasteiger charge is -2.45.